The Kier molecular flexibility index (Phi) is 4.36. The van der Waals surface area contributed by atoms with Crippen LogP contribution >= 0.6 is 0 Å². The molecular weight excluding hydrogens is 174 g/mol. The van der Waals surface area contributed by atoms with Gasteiger partial charge in [0, 0.05) is 13.6 Å². The summed E-state index contributed by atoms with van der Waals surface area (Å²) in [7, 11) is 2.06. The highest BCUT2D eigenvalue weighted by molar-refractivity contribution is 5.34. The summed E-state index contributed by atoms with van der Waals surface area (Å²) in [5.74, 6) is 0.968. The van der Waals surface area contributed by atoms with E-state index in [1.807, 2.05) is 12.4 Å². The maximum atomic E-state index is 4.37. The molecule has 0 saturated heterocycles. The Hall–Kier alpha value is -1.12. The second-order valence-corrected chi connectivity index (χ2v) is 3.49. The Morgan fingerprint density at radius 1 is 1.21 bits per heavy atom. The average Bonchev–Trinajstić information content (AvgIpc) is 2.26. The smallest absolute Gasteiger partial charge is 0.146 e. The minimum absolute atomic E-state index is 0.950. The van der Waals surface area contributed by atoms with Gasteiger partial charge in [0.25, 0.3) is 0 Å². The molecule has 0 spiro atoms. The number of nitrogens with zero attached hydrogens (tertiary/aromatic N) is 3. The SMILES string of the molecule is CCCCN(C)c1cnc(CC)cn1. The first-order valence-corrected chi connectivity index (χ1v) is 5.30. The molecular formula is C11H19N3. The van der Waals surface area contributed by atoms with E-state index in [0.717, 1.165) is 24.5 Å². The molecule has 14 heavy (non-hydrogen) atoms. The molecule has 0 aliphatic rings. The molecule has 0 fully saturated rings. The lowest BCUT2D eigenvalue weighted by Gasteiger charge is -2.16. The van der Waals surface area contributed by atoms with Gasteiger partial charge in [0.2, 0.25) is 0 Å². The molecule has 1 heterocycles. The second-order valence-electron chi connectivity index (χ2n) is 3.49. The van der Waals surface area contributed by atoms with Crippen molar-refractivity contribution in [2.75, 3.05) is 18.5 Å². The molecule has 0 radical (unpaired) electrons. The molecule has 0 aliphatic carbocycles. The van der Waals surface area contributed by atoms with Gasteiger partial charge in [-0.3, -0.25) is 4.98 Å². The molecule has 0 aliphatic heterocycles. The predicted octanol–water partition coefficient (Wildman–Crippen LogP) is 2.28. The van der Waals surface area contributed by atoms with Crippen LogP contribution in [0.4, 0.5) is 5.82 Å². The number of aryl methyl sites for hydroxylation is 1. The van der Waals surface area contributed by atoms with Crippen LogP contribution in [0.1, 0.15) is 32.4 Å². The molecule has 0 amide bonds. The fraction of sp³-hybridized carbons (Fsp3) is 0.636. The van der Waals surface area contributed by atoms with Crippen LogP contribution in [0, 0.1) is 0 Å². The van der Waals surface area contributed by atoms with E-state index >= 15 is 0 Å². The summed E-state index contributed by atoms with van der Waals surface area (Å²) in [4.78, 5) is 10.8. The van der Waals surface area contributed by atoms with Crippen molar-refractivity contribution in [1.82, 2.24) is 9.97 Å². The van der Waals surface area contributed by atoms with Gasteiger partial charge >= 0.3 is 0 Å². The predicted molar refractivity (Wildman–Crippen MR) is 59.6 cm³/mol. The van der Waals surface area contributed by atoms with Crippen LogP contribution in [0.5, 0.6) is 0 Å². The van der Waals surface area contributed by atoms with Crippen molar-refractivity contribution in [3.8, 4) is 0 Å². The number of hydrogen-bond donors (Lipinski definition) is 0. The summed E-state index contributed by atoms with van der Waals surface area (Å²) in [5.41, 5.74) is 1.05. The van der Waals surface area contributed by atoms with E-state index in [1.165, 1.54) is 12.8 Å². The molecule has 0 unspecified atom stereocenters. The van der Waals surface area contributed by atoms with E-state index in [-0.39, 0.29) is 0 Å². The highest BCUT2D eigenvalue weighted by atomic mass is 15.2. The summed E-state index contributed by atoms with van der Waals surface area (Å²) >= 11 is 0. The van der Waals surface area contributed by atoms with Crippen molar-refractivity contribution in [2.24, 2.45) is 0 Å². The van der Waals surface area contributed by atoms with Crippen LogP contribution in [0.2, 0.25) is 0 Å². The zero-order chi connectivity index (χ0) is 10.4. The van der Waals surface area contributed by atoms with Crippen LogP contribution in [0.15, 0.2) is 12.4 Å². The molecule has 0 atom stereocenters. The van der Waals surface area contributed by atoms with Gasteiger partial charge < -0.3 is 4.90 Å². The van der Waals surface area contributed by atoms with Crippen molar-refractivity contribution >= 4 is 5.82 Å². The van der Waals surface area contributed by atoms with Crippen molar-refractivity contribution in [3.63, 3.8) is 0 Å². The average molecular weight is 193 g/mol. The van der Waals surface area contributed by atoms with Crippen molar-refractivity contribution in [2.45, 2.75) is 33.1 Å². The third-order valence-electron chi connectivity index (χ3n) is 2.29. The first-order valence-electron chi connectivity index (χ1n) is 5.30. The quantitative estimate of drug-likeness (QED) is 0.718. The Balaban J connectivity index is 2.57. The zero-order valence-corrected chi connectivity index (χ0v) is 9.32. The molecule has 78 valence electrons. The first kappa shape index (κ1) is 11.0. The lowest BCUT2D eigenvalue weighted by atomic mass is 10.3. The highest BCUT2D eigenvalue weighted by Gasteiger charge is 2.01. The Morgan fingerprint density at radius 2 is 2.00 bits per heavy atom. The monoisotopic (exact) mass is 193 g/mol. The largest absolute Gasteiger partial charge is 0.358 e. The summed E-state index contributed by atoms with van der Waals surface area (Å²) in [6, 6.07) is 0. The van der Waals surface area contributed by atoms with E-state index in [4.69, 9.17) is 0 Å². The van der Waals surface area contributed by atoms with Crippen LogP contribution in [-0.4, -0.2) is 23.6 Å². The zero-order valence-electron chi connectivity index (χ0n) is 9.32. The minimum atomic E-state index is 0.950. The highest BCUT2D eigenvalue weighted by Crippen LogP contribution is 2.07. The van der Waals surface area contributed by atoms with E-state index in [0.29, 0.717) is 0 Å². The van der Waals surface area contributed by atoms with Crippen LogP contribution in [0.25, 0.3) is 0 Å². The molecule has 3 nitrogen and oxygen atoms in total. The number of aromatic nitrogens is 2. The molecule has 0 aromatic carbocycles. The summed E-state index contributed by atoms with van der Waals surface area (Å²) in [6.45, 7) is 5.33. The fourth-order valence-electron chi connectivity index (χ4n) is 1.24. The van der Waals surface area contributed by atoms with E-state index in [9.17, 15) is 0 Å². The second kappa shape index (κ2) is 5.58. The molecule has 1 aromatic rings. The van der Waals surface area contributed by atoms with E-state index in [2.05, 4.69) is 35.8 Å². The van der Waals surface area contributed by atoms with E-state index < -0.39 is 0 Å². The molecule has 3 heteroatoms. The first-order chi connectivity index (χ1) is 6.77. The maximum Gasteiger partial charge on any atom is 0.146 e. The number of anilines is 1. The molecule has 1 aromatic heterocycles. The van der Waals surface area contributed by atoms with Gasteiger partial charge in [-0.05, 0) is 12.8 Å². The molecule has 0 bridgehead atoms. The number of unbranched alkanes of at least 4 members (excludes halogenated alkanes) is 1. The summed E-state index contributed by atoms with van der Waals surface area (Å²) < 4.78 is 0. The van der Waals surface area contributed by atoms with Gasteiger partial charge in [0.15, 0.2) is 0 Å². The van der Waals surface area contributed by atoms with Crippen molar-refractivity contribution < 1.29 is 0 Å². The minimum Gasteiger partial charge on any atom is -0.358 e. The van der Waals surface area contributed by atoms with Gasteiger partial charge in [-0.15, -0.1) is 0 Å². The fourth-order valence-corrected chi connectivity index (χ4v) is 1.24. The van der Waals surface area contributed by atoms with Gasteiger partial charge in [-0.25, -0.2) is 4.98 Å². The summed E-state index contributed by atoms with van der Waals surface area (Å²) in [6.07, 6.45) is 7.08. The molecule has 0 saturated carbocycles. The van der Waals surface area contributed by atoms with Crippen LogP contribution in [0.3, 0.4) is 0 Å². The third kappa shape index (κ3) is 2.98. The van der Waals surface area contributed by atoms with Gasteiger partial charge in [0.05, 0.1) is 18.1 Å². The maximum absolute atomic E-state index is 4.37. The topological polar surface area (TPSA) is 29.0 Å². The Labute approximate surface area is 86.2 Å². The normalized spacial score (nSPS) is 10.2. The molecule has 0 N–H and O–H groups in total. The van der Waals surface area contributed by atoms with Gasteiger partial charge in [0.1, 0.15) is 5.82 Å². The third-order valence-corrected chi connectivity index (χ3v) is 2.29. The standard InChI is InChI=1S/C11H19N3/c1-4-6-7-14(3)11-9-12-10(5-2)8-13-11/h8-9H,4-7H2,1-3H3. The lowest BCUT2D eigenvalue weighted by molar-refractivity contribution is 0.756. The Bertz CT molecular complexity index is 256. The van der Waals surface area contributed by atoms with Crippen molar-refractivity contribution in [1.29, 1.82) is 0 Å². The van der Waals surface area contributed by atoms with Gasteiger partial charge in [-0.1, -0.05) is 20.3 Å². The van der Waals surface area contributed by atoms with Crippen LogP contribution in [-0.2, 0) is 6.42 Å². The number of rotatable bonds is 5. The van der Waals surface area contributed by atoms with E-state index in [1.54, 1.807) is 0 Å². The molecule has 1 rings (SSSR count). The number of hydrogen-bond acceptors (Lipinski definition) is 3. The van der Waals surface area contributed by atoms with Crippen LogP contribution < -0.4 is 4.90 Å². The van der Waals surface area contributed by atoms with Gasteiger partial charge in [-0.2, -0.15) is 0 Å². The summed E-state index contributed by atoms with van der Waals surface area (Å²) in [5, 5.41) is 0. The Morgan fingerprint density at radius 3 is 2.50 bits per heavy atom. The van der Waals surface area contributed by atoms with Crippen molar-refractivity contribution in [3.05, 3.63) is 18.1 Å². The lowest BCUT2D eigenvalue weighted by Crippen LogP contribution is -2.19.